The van der Waals surface area contributed by atoms with Crippen molar-refractivity contribution in [1.82, 2.24) is 0 Å². The molecular weight excluding hydrogens is 304 g/mol. The summed E-state index contributed by atoms with van der Waals surface area (Å²) in [4.78, 5) is 11.6. The van der Waals surface area contributed by atoms with Gasteiger partial charge in [-0.1, -0.05) is 45.4 Å². The van der Waals surface area contributed by atoms with Gasteiger partial charge in [0.1, 0.15) is 31.0 Å². The van der Waals surface area contributed by atoms with E-state index in [0.717, 1.165) is 19.3 Å². The van der Waals surface area contributed by atoms with Gasteiger partial charge in [0, 0.05) is 6.42 Å². The second kappa shape index (κ2) is 10.9. The molecule has 136 valence electrons. The van der Waals surface area contributed by atoms with Crippen LogP contribution in [0.5, 0.6) is 0 Å². The van der Waals surface area contributed by atoms with E-state index >= 15 is 0 Å². The molecule has 1 aliphatic rings. The highest BCUT2D eigenvalue weighted by Crippen LogP contribution is 2.20. The quantitative estimate of drug-likeness (QED) is 0.339. The third kappa shape index (κ3) is 7.14. The minimum atomic E-state index is -1.61. The van der Waals surface area contributed by atoms with Crippen molar-refractivity contribution in [2.24, 2.45) is 0 Å². The maximum absolute atomic E-state index is 11.6. The second-order valence-corrected chi connectivity index (χ2v) is 6.09. The molecule has 0 saturated carbocycles. The maximum Gasteiger partial charge on any atom is 0.305 e. The Bertz CT molecular complexity index is 336. The van der Waals surface area contributed by atoms with E-state index in [4.69, 9.17) is 9.47 Å². The van der Waals surface area contributed by atoms with Crippen LogP contribution in [0.15, 0.2) is 0 Å². The molecule has 0 spiro atoms. The topological polar surface area (TPSA) is 116 Å². The standard InChI is InChI=1S/C16H30O7/c1-2-3-4-5-6-7-8-9-12(17)22-10-11-13(18)14(19)15(20)16(21)23-11/h11,13-16,18-21H,2-10H2,1H3/t11-,13+,14+,15-,16?/m1/s1. The van der Waals surface area contributed by atoms with Crippen LogP contribution in [0, 0.1) is 0 Å². The molecule has 7 heteroatoms. The SMILES string of the molecule is CCCCCCCCCC(=O)OC[C@H]1OC(O)[C@H](O)[C@@H](O)[C@H]1O. The number of hydrogen-bond donors (Lipinski definition) is 4. The third-order valence-electron chi connectivity index (χ3n) is 4.08. The predicted octanol–water partition coefficient (Wildman–Crippen LogP) is 0.470. The Hall–Kier alpha value is -0.730. The number of rotatable bonds is 10. The fraction of sp³-hybridized carbons (Fsp3) is 0.938. The van der Waals surface area contributed by atoms with E-state index in [1.54, 1.807) is 0 Å². The molecule has 4 N–H and O–H groups in total. The molecule has 1 unspecified atom stereocenters. The van der Waals surface area contributed by atoms with Gasteiger partial charge in [-0.15, -0.1) is 0 Å². The summed E-state index contributed by atoms with van der Waals surface area (Å²) in [5.41, 5.74) is 0. The fourth-order valence-corrected chi connectivity index (χ4v) is 2.54. The molecule has 1 fully saturated rings. The van der Waals surface area contributed by atoms with Crippen LogP contribution in [-0.2, 0) is 14.3 Å². The van der Waals surface area contributed by atoms with Gasteiger partial charge in [-0.2, -0.15) is 0 Å². The minimum absolute atomic E-state index is 0.267. The van der Waals surface area contributed by atoms with Crippen molar-refractivity contribution in [3.8, 4) is 0 Å². The Morgan fingerprint density at radius 3 is 2.17 bits per heavy atom. The van der Waals surface area contributed by atoms with Gasteiger partial charge in [0.05, 0.1) is 0 Å². The molecular formula is C16H30O7. The van der Waals surface area contributed by atoms with Gasteiger partial charge in [0.25, 0.3) is 0 Å². The summed E-state index contributed by atoms with van der Waals surface area (Å²) >= 11 is 0. The Labute approximate surface area is 137 Å². The zero-order valence-corrected chi connectivity index (χ0v) is 13.8. The van der Waals surface area contributed by atoms with Crippen molar-refractivity contribution in [3.05, 3.63) is 0 Å². The van der Waals surface area contributed by atoms with E-state index in [-0.39, 0.29) is 6.61 Å². The normalized spacial score (nSPS) is 31.1. The van der Waals surface area contributed by atoms with Crippen molar-refractivity contribution in [1.29, 1.82) is 0 Å². The first-order valence-corrected chi connectivity index (χ1v) is 8.50. The molecule has 5 atom stereocenters. The Kier molecular flexibility index (Phi) is 9.66. The zero-order chi connectivity index (χ0) is 17.2. The molecule has 0 radical (unpaired) electrons. The number of aliphatic hydroxyl groups is 4. The van der Waals surface area contributed by atoms with Gasteiger partial charge in [0.2, 0.25) is 0 Å². The van der Waals surface area contributed by atoms with Crippen LogP contribution in [0.4, 0.5) is 0 Å². The summed E-state index contributed by atoms with van der Waals surface area (Å²) in [5.74, 6) is -0.399. The fourth-order valence-electron chi connectivity index (χ4n) is 2.54. The molecule has 1 saturated heterocycles. The van der Waals surface area contributed by atoms with Gasteiger partial charge in [-0.3, -0.25) is 4.79 Å². The van der Waals surface area contributed by atoms with Crippen molar-refractivity contribution in [3.63, 3.8) is 0 Å². The number of ether oxygens (including phenoxy) is 2. The number of hydrogen-bond acceptors (Lipinski definition) is 7. The molecule has 0 bridgehead atoms. The predicted molar refractivity (Wildman–Crippen MR) is 82.5 cm³/mol. The van der Waals surface area contributed by atoms with E-state index in [1.165, 1.54) is 25.7 Å². The monoisotopic (exact) mass is 334 g/mol. The zero-order valence-electron chi connectivity index (χ0n) is 13.8. The third-order valence-corrected chi connectivity index (χ3v) is 4.08. The van der Waals surface area contributed by atoms with Crippen LogP contribution in [0.2, 0.25) is 0 Å². The summed E-state index contributed by atoms with van der Waals surface area (Å²) in [6.07, 6.45) is 0.806. The summed E-state index contributed by atoms with van der Waals surface area (Å²) < 4.78 is 9.93. The van der Waals surface area contributed by atoms with Crippen LogP contribution in [0.3, 0.4) is 0 Å². The Morgan fingerprint density at radius 1 is 0.913 bits per heavy atom. The smallest absolute Gasteiger partial charge is 0.305 e. The van der Waals surface area contributed by atoms with Crippen molar-refractivity contribution >= 4 is 5.97 Å². The van der Waals surface area contributed by atoms with Crippen LogP contribution in [0.25, 0.3) is 0 Å². The van der Waals surface area contributed by atoms with Crippen LogP contribution in [-0.4, -0.2) is 63.7 Å². The molecule has 0 aromatic heterocycles. The van der Waals surface area contributed by atoms with Crippen LogP contribution < -0.4 is 0 Å². The van der Waals surface area contributed by atoms with Gasteiger partial charge in [-0.05, 0) is 6.42 Å². The van der Waals surface area contributed by atoms with E-state index in [2.05, 4.69) is 6.92 Å². The average molecular weight is 334 g/mol. The molecule has 7 nitrogen and oxygen atoms in total. The largest absolute Gasteiger partial charge is 0.463 e. The van der Waals surface area contributed by atoms with Gasteiger partial charge < -0.3 is 29.9 Å². The first-order chi connectivity index (χ1) is 11.0. The number of carbonyl (C=O) groups excluding carboxylic acids is 1. The lowest BCUT2D eigenvalue weighted by molar-refractivity contribution is -0.287. The van der Waals surface area contributed by atoms with E-state index < -0.39 is 36.7 Å². The molecule has 1 heterocycles. The number of aliphatic hydroxyl groups excluding tert-OH is 4. The summed E-state index contributed by atoms with van der Waals surface area (Å²) in [7, 11) is 0. The number of carbonyl (C=O) groups is 1. The van der Waals surface area contributed by atoms with Gasteiger partial charge in [0.15, 0.2) is 6.29 Å². The molecule has 0 aromatic carbocycles. The minimum Gasteiger partial charge on any atom is -0.463 e. The molecule has 1 rings (SSSR count). The highest BCUT2D eigenvalue weighted by molar-refractivity contribution is 5.69. The molecule has 0 amide bonds. The maximum atomic E-state index is 11.6. The second-order valence-electron chi connectivity index (χ2n) is 6.09. The first kappa shape index (κ1) is 20.3. The number of unbranched alkanes of at least 4 members (excludes halogenated alkanes) is 6. The average Bonchev–Trinajstić information content (AvgIpc) is 2.54. The summed E-state index contributed by atoms with van der Waals surface area (Å²) in [6, 6.07) is 0. The summed E-state index contributed by atoms with van der Waals surface area (Å²) in [5, 5.41) is 38.0. The lowest BCUT2D eigenvalue weighted by Gasteiger charge is -2.37. The molecule has 1 aliphatic heterocycles. The van der Waals surface area contributed by atoms with Crippen molar-refractivity contribution in [2.45, 2.75) is 89.0 Å². The molecule has 0 aromatic rings. The van der Waals surface area contributed by atoms with Crippen molar-refractivity contribution in [2.75, 3.05) is 6.61 Å². The van der Waals surface area contributed by atoms with Gasteiger partial charge >= 0.3 is 5.97 Å². The first-order valence-electron chi connectivity index (χ1n) is 8.50. The highest BCUT2D eigenvalue weighted by Gasteiger charge is 2.43. The number of esters is 1. The Balaban J connectivity index is 2.13. The summed E-state index contributed by atoms with van der Waals surface area (Å²) in [6.45, 7) is 1.90. The van der Waals surface area contributed by atoms with Gasteiger partial charge in [-0.25, -0.2) is 0 Å². The molecule has 0 aliphatic carbocycles. The van der Waals surface area contributed by atoms with Crippen molar-refractivity contribution < 1.29 is 34.7 Å². The van der Waals surface area contributed by atoms with E-state index in [9.17, 15) is 25.2 Å². The van der Waals surface area contributed by atoms with E-state index in [1.807, 2.05) is 0 Å². The van der Waals surface area contributed by atoms with E-state index in [0.29, 0.717) is 6.42 Å². The molecule has 23 heavy (non-hydrogen) atoms. The highest BCUT2D eigenvalue weighted by atomic mass is 16.6. The lowest BCUT2D eigenvalue weighted by atomic mass is 9.99. The van der Waals surface area contributed by atoms with Crippen LogP contribution >= 0.6 is 0 Å². The van der Waals surface area contributed by atoms with Crippen LogP contribution in [0.1, 0.15) is 58.3 Å². The lowest BCUT2D eigenvalue weighted by Crippen LogP contribution is -2.58. The Morgan fingerprint density at radius 2 is 1.52 bits per heavy atom.